The molecule has 8 nitrogen and oxygen atoms in total. The maximum absolute atomic E-state index is 14.9. The van der Waals surface area contributed by atoms with Gasteiger partial charge in [0.25, 0.3) is 0 Å². The lowest BCUT2D eigenvalue weighted by molar-refractivity contribution is -0.143. The van der Waals surface area contributed by atoms with Crippen molar-refractivity contribution in [3.05, 3.63) is 34.4 Å². The number of esters is 2. The number of nitrogens with zero attached hydrogens (tertiary/aromatic N) is 1. The number of nitrogens with one attached hydrogen (secondary N) is 2. The van der Waals surface area contributed by atoms with Gasteiger partial charge in [-0.05, 0) is 62.3 Å². The Bertz CT molecular complexity index is 937. The van der Waals surface area contributed by atoms with Crippen molar-refractivity contribution in [1.82, 2.24) is 15.5 Å². The normalized spacial score (nSPS) is 17.1. The third-order valence-electron chi connectivity index (χ3n) is 6.75. The lowest BCUT2D eigenvalue weighted by atomic mass is 9.93. The number of benzene rings is 1. The number of piperidine rings is 1. The molecule has 2 rings (SSSR count). The van der Waals surface area contributed by atoms with Crippen molar-refractivity contribution >= 4 is 18.0 Å². The Balaban J connectivity index is 0.00000363. The first-order chi connectivity index (χ1) is 19.2. The number of hydrogen-bond acceptors (Lipinski definition) is 6. The van der Waals surface area contributed by atoms with E-state index in [1.165, 1.54) is 7.11 Å². The van der Waals surface area contributed by atoms with Gasteiger partial charge < -0.3 is 20.1 Å². The zero-order valence-electron chi connectivity index (χ0n) is 25.5. The molecule has 40 heavy (non-hydrogen) atoms. The Kier molecular flexibility index (Phi) is 19.1. The molecule has 0 aromatic heterocycles. The van der Waals surface area contributed by atoms with Crippen LogP contribution in [0.5, 0.6) is 0 Å². The molecule has 226 valence electrons. The molecule has 2 amide bonds. The molecule has 1 aliphatic rings. The minimum atomic E-state index is -1.16. The zero-order chi connectivity index (χ0) is 30.7. The summed E-state index contributed by atoms with van der Waals surface area (Å²) in [5.74, 6) is -0.564. The van der Waals surface area contributed by atoms with Crippen molar-refractivity contribution in [3.63, 3.8) is 0 Å². The van der Waals surface area contributed by atoms with Gasteiger partial charge in [-0.15, -0.1) is 12.8 Å². The third-order valence-corrected chi connectivity index (χ3v) is 6.75. The van der Waals surface area contributed by atoms with Gasteiger partial charge in [-0.2, -0.15) is 0 Å². The first kappa shape index (κ1) is 36.9. The fourth-order valence-electron chi connectivity index (χ4n) is 4.58. The summed E-state index contributed by atoms with van der Waals surface area (Å²) < 4.78 is 24.9. The van der Waals surface area contributed by atoms with Crippen molar-refractivity contribution < 1.29 is 28.2 Å². The van der Waals surface area contributed by atoms with Gasteiger partial charge in [-0.1, -0.05) is 33.8 Å². The van der Waals surface area contributed by atoms with E-state index in [0.717, 1.165) is 36.0 Å². The number of amides is 2. The molecule has 1 heterocycles. The van der Waals surface area contributed by atoms with Crippen LogP contribution in [0.15, 0.2) is 12.1 Å². The summed E-state index contributed by atoms with van der Waals surface area (Å²) in [5.41, 5.74) is 3.82. The maximum Gasteiger partial charge on any atom is 0.338 e. The highest BCUT2D eigenvalue weighted by Gasteiger charge is 2.30. The summed E-state index contributed by atoms with van der Waals surface area (Å²) in [6.45, 7) is 13.7. The number of hydrogen-bond donors (Lipinski definition) is 2. The van der Waals surface area contributed by atoms with Crippen LogP contribution in [-0.4, -0.2) is 74.5 Å². The highest BCUT2D eigenvalue weighted by atomic mass is 19.1. The van der Waals surface area contributed by atoms with E-state index in [1.54, 1.807) is 0 Å². The topological polar surface area (TPSA) is 97.0 Å². The van der Waals surface area contributed by atoms with Crippen LogP contribution in [0.2, 0.25) is 0 Å². The highest BCUT2D eigenvalue weighted by molar-refractivity contribution is 5.91. The molecule has 1 aromatic carbocycles. The zero-order valence-corrected chi connectivity index (χ0v) is 25.5. The van der Waals surface area contributed by atoms with Crippen molar-refractivity contribution in [1.29, 1.82) is 0 Å². The number of rotatable bonds is 12. The Morgan fingerprint density at radius 3 is 2.45 bits per heavy atom. The summed E-state index contributed by atoms with van der Waals surface area (Å²) in [5, 5.41) is 5.55. The summed E-state index contributed by atoms with van der Waals surface area (Å²) in [4.78, 5) is 37.8. The van der Waals surface area contributed by atoms with Gasteiger partial charge in [0, 0.05) is 38.5 Å². The van der Waals surface area contributed by atoms with E-state index in [1.807, 2.05) is 53.7 Å². The lowest BCUT2D eigenvalue weighted by Gasteiger charge is -2.35. The first-order valence-electron chi connectivity index (χ1n) is 14.3. The maximum atomic E-state index is 14.9. The van der Waals surface area contributed by atoms with E-state index in [0.29, 0.717) is 37.9 Å². The monoisotopic (exact) mass is 563 g/mol. The molecule has 0 spiro atoms. The van der Waals surface area contributed by atoms with Gasteiger partial charge >= 0.3 is 18.0 Å². The Hall–Kier alpha value is -3.12. The molecule has 1 aliphatic heterocycles. The summed E-state index contributed by atoms with van der Waals surface area (Å²) in [6, 6.07) is 2.63. The number of alkyl halides is 1. The molecular formula is C31H50FN3O5. The molecule has 0 saturated carbocycles. The number of terminal acetylenes is 1. The standard InChI is InChI=1S/C27H42FN3O5.C2H6.C2H2/c1-6-8-25(32)36-16-13-18(3)29-27(34)30-24-12-15-31(17-23(24)28)14-11-20-9-10-22(26(33)35-5)21(7-2)19(20)4;2*1-2/h9-10,18,23-24H,6-8,11-17H2,1-5H3,(H2,29,30,34);1-2H3;1-2H. The Labute approximate surface area is 240 Å². The summed E-state index contributed by atoms with van der Waals surface area (Å²) >= 11 is 0. The predicted molar refractivity (Wildman–Crippen MR) is 158 cm³/mol. The number of methoxy groups -OCH3 is 1. The molecule has 1 aromatic rings. The largest absolute Gasteiger partial charge is 0.466 e. The van der Waals surface area contributed by atoms with Crippen molar-refractivity contribution in [2.75, 3.05) is 33.4 Å². The van der Waals surface area contributed by atoms with Crippen molar-refractivity contribution in [2.45, 2.75) is 98.3 Å². The van der Waals surface area contributed by atoms with Crippen LogP contribution >= 0.6 is 0 Å². The van der Waals surface area contributed by atoms with Crippen LogP contribution in [0.4, 0.5) is 9.18 Å². The van der Waals surface area contributed by atoms with Crippen LogP contribution in [0.25, 0.3) is 0 Å². The number of urea groups is 1. The van der Waals surface area contributed by atoms with Crippen LogP contribution in [0, 0.1) is 19.8 Å². The molecule has 9 heteroatoms. The van der Waals surface area contributed by atoms with E-state index >= 15 is 0 Å². The number of halogens is 1. The fraction of sp³-hybridized carbons (Fsp3) is 0.645. The smallest absolute Gasteiger partial charge is 0.338 e. The van der Waals surface area contributed by atoms with Crippen LogP contribution in [0.3, 0.4) is 0 Å². The SMILES string of the molecule is C#C.CC.CCCC(=O)OCCC(C)NC(=O)NC1CCN(CCc2ccc(C(=O)OC)c(CC)c2C)CC1F. The number of ether oxygens (including phenoxy) is 2. The molecule has 1 saturated heterocycles. The van der Waals surface area contributed by atoms with Crippen molar-refractivity contribution in [3.8, 4) is 12.8 Å². The molecule has 3 unspecified atom stereocenters. The molecule has 0 radical (unpaired) electrons. The fourth-order valence-corrected chi connectivity index (χ4v) is 4.58. The highest BCUT2D eigenvalue weighted by Crippen LogP contribution is 2.22. The van der Waals surface area contributed by atoms with E-state index in [2.05, 4.69) is 28.4 Å². The lowest BCUT2D eigenvalue weighted by Crippen LogP contribution is -2.55. The minimum absolute atomic E-state index is 0.195. The van der Waals surface area contributed by atoms with Crippen molar-refractivity contribution in [2.24, 2.45) is 0 Å². The molecule has 0 bridgehead atoms. The van der Waals surface area contributed by atoms with E-state index in [9.17, 15) is 18.8 Å². The average molecular weight is 564 g/mol. The Morgan fingerprint density at radius 2 is 1.88 bits per heavy atom. The predicted octanol–water partition coefficient (Wildman–Crippen LogP) is 5.00. The molecule has 1 fully saturated rings. The summed E-state index contributed by atoms with van der Waals surface area (Å²) in [6.07, 6.45) is 10.5. The van der Waals surface area contributed by atoms with E-state index in [-0.39, 0.29) is 31.1 Å². The Morgan fingerprint density at radius 1 is 1.20 bits per heavy atom. The number of carbonyl (C=O) groups is 3. The van der Waals surface area contributed by atoms with Gasteiger partial charge in [-0.25, -0.2) is 14.0 Å². The van der Waals surface area contributed by atoms with Crippen LogP contribution in [0.1, 0.15) is 87.4 Å². The van der Waals surface area contributed by atoms with E-state index in [4.69, 9.17) is 9.47 Å². The third kappa shape index (κ3) is 12.4. The average Bonchev–Trinajstić information content (AvgIpc) is 2.95. The van der Waals surface area contributed by atoms with Gasteiger partial charge in [0.1, 0.15) is 6.17 Å². The second kappa shape index (κ2) is 20.7. The first-order valence-corrected chi connectivity index (χ1v) is 14.3. The molecular weight excluding hydrogens is 513 g/mol. The van der Waals surface area contributed by atoms with Crippen LogP contribution < -0.4 is 10.6 Å². The molecule has 0 aliphatic carbocycles. The quantitative estimate of drug-likeness (QED) is 0.275. The second-order valence-corrected chi connectivity index (χ2v) is 9.46. The van der Waals surface area contributed by atoms with Crippen LogP contribution in [-0.2, 0) is 27.1 Å². The minimum Gasteiger partial charge on any atom is -0.466 e. The summed E-state index contributed by atoms with van der Waals surface area (Å²) in [7, 11) is 1.38. The van der Waals surface area contributed by atoms with Gasteiger partial charge in [0.05, 0.1) is 25.3 Å². The van der Waals surface area contributed by atoms with Gasteiger partial charge in [0.2, 0.25) is 0 Å². The molecule has 3 atom stereocenters. The second-order valence-electron chi connectivity index (χ2n) is 9.46. The number of likely N-dealkylation sites (tertiary alicyclic amines) is 1. The molecule has 2 N–H and O–H groups in total. The van der Waals surface area contributed by atoms with E-state index < -0.39 is 18.2 Å². The number of carbonyl (C=O) groups excluding carboxylic acids is 3. The van der Waals surface area contributed by atoms with Gasteiger partial charge in [-0.3, -0.25) is 9.69 Å². The van der Waals surface area contributed by atoms with Gasteiger partial charge in [0.15, 0.2) is 0 Å².